The first-order valence-electron chi connectivity index (χ1n) is 5.51. The lowest BCUT2D eigenvalue weighted by molar-refractivity contribution is -0.138. The minimum absolute atomic E-state index is 0.0577. The van der Waals surface area contributed by atoms with Gasteiger partial charge in [-0.25, -0.2) is 0 Å². The van der Waals surface area contributed by atoms with Gasteiger partial charge >= 0.3 is 15.3 Å². The fraction of sp³-hybridized carbons (Fsp3) is 0.889. The Balaban J connectivity index is 3.88. The SMILES string of the molecule is C[SiH](OC(=O)CO[Si](C)(C)C)O[Si](C)(C)C. The Bertz CT molecular complexity index is 232. The van der Waals surface area contributed by atoms with Crippen LogP contribution in [0.25, 0.3) is 0 Å². The van der Waals surface area contributed by atoms with Crippen LogP contribution in [0.3, 0.4) is 0 Å². The average molecular weight is 281 g/mol. The molecule has 0 saturated carbocycles. The third-order valence-electron chi connectivity index (χ3n) is 1.44. The Hall–Kier alpha value is 0.0406. The van der Waals surface area contributed by atoms with Crippen molar-refractivity contribution in [2.24, 2.45) is 0 Å². The molecule has 0 rings (SSSR count). The summed E-state index contributed by atoms with van der Waals surface area (Å²) in [5.41, 5.74) is 0. The van der Waals surface area contributed by atoms with E-state index in [-0.39, 0.29) is 12.6 Å². The molecule has 1 atom stereocenters. The van der Waals surface area contributed by atoms with Gasteiger partial charge in [-0.1, -0.05) is 0 Å². The molecule has 0 aromatic carbocycles. The molecular formula is C9H24O4Si3. The fourth-order valence-corrected chi connectivity index (χ4v) is 6.18. The number of carbonyl (C=O) groups excluding carboxylic acids is 1. The van der Waals surface area contributed by atoms with E-state index >= 15 is 0 Å². The van der Waals surface area contributed by atoms with E-state index in [1.54, 1.807) is 0 Å². The Morgan fingerprint density at radius 2 is 1.56 bits per heavy atom. The maximum atomic E-state index is 11.4. The van der Waals surface area contributed by atoms with E-state index in [1.165, 1.54) is 0 Å². The lowest BCUT2D eigenvalue weighted by Gasteiger charge is -2.23. The zero-order valence-corrected chi connectivity index (χ0v) is 14.6. The summed E-state index contributed by atoms with van der Waals surface area (Å²) in [6.45, 7) is 14.3. The van der Waals surface area contributed by atoms with Gasteiger partial charge < -0.3 is 13.0 Å². The molecule has 0 saturated heterocycles. The van der Waals surface area contributed by atoms with Crippen molar-refractivity contribution in [3.05, 3.63) is 0 Å². The highest BCUT2D eigenvalue weighted by atomic mass is 28.4. The van der Waals surface area contributed by atoms with Crippen molar-refractivity contribution in [1.82, 2.24) is 0 Å². The standard InChI is InChI=1S/C9H24O4Si3/c1-14(13-16(5,6)7)12-9(10)8-11-15(2,3)4/h14H,8H2,1-7H3. The Morgan fingerprint density at radius 3 is 1.94 bits per heavy atom. The van der Waals surface area contributed by atoms with Gasteiger partial charge in [-0.2, -0.15) is 0 Å². The summed E-state index contributed by atoms with van der Waals surface area (Å²) < 4.78 is 16.4. The van der Waals surface area contributed by atoms with Crippen LogP contribution in [-0.2, 0) is 17.8 Å². The second-order valence-corrected chi connectivity index (χ2v) is 16.7. The minimum atomic E-state index is -1.82. The lowest BCUT2D eigenvalue weighted by atomic mass is 10.8. The topological polar surface area (TPSA) is 44.8 Å². The first-order valence-corrected chi connectivity index (χ1v) is 14.4. The predicted octanol–water partition coefficient (Wildman–Crippen LogP) is 2.08. The zero-order valence-electron chi connectivity index (χ0n) is 11.4. The van der Waals surface area contributed by atoms with Crippen molar-refractivity contribution in [1.29, 1.82) is 0 Å². The average Bonchev–Trinajstić information content (AvgIpc) is 1.95. The van der Waals surface area contributed by atoms with Crippen LogP contribution in [0, 0.1) is 0 Å². The van der Waals surface area contributed by atoms with Gasteiger partial charge in [0.25, 0.3) is 0 Å². The van der Waals surface area contributed by atoms with Crippen LogP contribution in [0.4, 0.5) is 0 Å². The highest BCUT2D eigenvalue weighted by Crippen LogP contribution is 2.07. The van der Waals surface area contributed by atoms with E-state index in [9.17, 15) is 4.79 Å². The molecule has 0 aliphatic heterocycles. The van der Waals surface area contributed by atoms with Crippen molar-refractivity contribution in [3.63, 3.8) is 0 Å². The number of carbonyl (C=O) groups is 1. The summed E-state index contributed by atoms with van der Waals surface area (Å²) in [7, 11) is -5.05. The van der Waals surface area contributed by atoms with E-state index in [0.717, 1.165) is 0 Å². The maximum absolute atomic E-state index is 11.4. The zero-order chi connectivity index (χ0) is 13.0. The Morgan fingerprint density at radius 1 is 1.06 bits per heavy atom. The van der Waals surface area contributed by atoms with Crippen molar-refractivity contribution < 1.29 is 17.8 Å². The molecule has 0 aromatic rings. The van der Waals surface area contributed by atoms with E-state index in [0.29, 0.717) is 0 Å². The van der Waals surface area contributed by atoms with Gasteiger partial charge in [-0.05, 0) is 45.8 Å². The van der Waals surface area contributed by atoms with E-state index in [2.05, 4.69) is 19.6 Å². The highest BCUT2D eigenvalue weighted by molar-refractivity contribution is 6.76. The lowest BCUT2D eigenvalue weighted by Crippen LogP contribution is -2.38. The minimum Gasteiger partial charge on any atom is -0.496 e. The third-order valence-corrected chi connectivity index (χ3v) is 7.20. The molecule has 0 aliphatic rings. The summed E-state index contributed by atoms with van der Waals surface area (Å²) in [5.74, 6) is -0.292. The molecule has 0 heterocycles. The molecule has 0 bridgehead atoms. The van der Waals surface area contributed by atoms with Crippen LogP contribution in [-0.4, -0.2) is 38.5 Å². The molecule has 16 heavy (non-hydrogen) atoms. The van der Waals surface area contributed by atoms with Crippen LogP contribution in [0.2, 0.25) is 45.8 Å². The molecule has 7 heteroatoms. The Labute approximate surface area is 102 Å². The van der Waals surface area contributed by atoms with Crippen molar-refractivity contribution >= 4 is 31.9 Å². The number of rotatable bonds is 6. The molecule has 4 nitrogen and oxygen atoms in total. The summed E-state index contributed by atoms with van der Waals surface area (Å²) in [6, 6.07) is 0. The first kappa shape index (κ1) is 16.0. The summed E-state index contributed by atoms with van der Waals surface area (Å²) >= 11 is 0. The van der Waals surface area contributed by atoms with Crippen LogP contribution in [0.5, 0.6) is 0 Å². The van der Waals surface area contributed by atoms with Gasteiger partial charge in [0.15, 0.2) is 16.6 Å². The van der Waals surface area contributed by atoms with Crippen LogP contribution in [0.15, 0.2) is 0 Å². The van der Waals surface area contributed by atoms with E-state index in [1.807, 2.05) is 26.2 Å². The monoisotopic (exact) mass is 280 g/mol. The van der Waals surface area contributed by atoms with Crippen LogP contribution >= 0.6 is 0 Å². The fourth-order valence-electron chi connectivity index (χ4n) is 1.02. The van der Waals surface area contributed by atoms with Crippen molar-refractivity contribution in [3.8, 4) is 0 Å². The van der Waals surface area contributed by atoms with Crippen LogP contribution in [0.1, 0.15) is 0 Å². The molecule has 0 radical (unpaired) electrons. The van der Waals surface area contributed by atoms with Crippen LogP contribution < -0.4 is 0 Å². The van der Waals surface area contributed by atoms with Gasteiger partial charge in [-0.15, -0.1) is 0 Å². The van der Waals surface area contributed by atoms with Gasteiger partial charge in [0.05, 0.1) is 0 Å². The smallest absolute Gasteiger partial charge is 0.372 e. The van der Waals surface area contributed by atoms with Crippen molar-refractivity contribution in [2.45, 2.75) is 45.8 Å². The van der Waals surface area contributed by atoms with Gasteiger partial charge in [0.1, 0.15) is 6.61 Å². The summed E-state index contributed by atoms with van der Waals surface area (Å²) in [5, 5.41) is 0. The normalized spacial score (nSPS) is 14.7. The quantitative estimate of drug-likeness (QED) is 0.699. The number of hydrogen-bond donors (Lipinski definition) is 0. The Kier molecular flexibility index (Phi) is 6.12. The molecule has 0 aliphatic carbocycles. The molecule has 1 unspecified atom stereocenters. The largest absolute Gasteiger partial charge is 0.496 e. The van der Waals surface area contributed by atoms with Gasteiger partial charge in [-0.3, -0.25) is 4.79 Å². The molecule has 0 fully saturated rings. The van der Waals surface area contributed by atoms with Gasteiger partial charge in [0, 0.05) is 0 Å². The van der Waals surface area contributed by atoms with Gasteiger partial charge in [0.2, 0.25) is 0 Å². The molecule has 96 valence electrons. The molecule has 0 spiro atoms. The van der Waals surface area contributed by atoms with Crippen molar-refractivity contribution in [2.75, 3.05) is 6.61 Å². The molecule has 0 N–H and O–H groups in total. The maximum Gasteiger partial charge on any atom is 0.372 e. The molecule has 0 aromatic heterocycles. The first-order chi connectivity index (χ1) is 6.99. The predicted molar refractivity (Wildman–Crippen MR) is 72.8 cm³/mol. The van der Waals surface area contributed by atoms with E-state index in [4.69, 9.17) is 13.0 Å². The molecular weight excluding hydrogens is 256 g/mol. The second kappa shape index (κ2) is 6.10. The highest BCUT2D eigenvalue weighted by Gasteiger charge is 2.23. The second-order valence-electron chi connectivity index (χ2n) is 5.69. The van der Waals surface area contributed by atoms with E-state index < -0.39 is 25.9 Å². The summed E-state index contributed by atoms with van der Waals surface area (Å²) in [6.07, 6.45) is 0. The molecule has 0 amide bonds. The third kappa shape index (κ3) is 10.6. The summed E-state index contributed by atoms with van der Waals surface area (Å²) in [4.78, 5) is 11.4. The number of hydrogen-bond acceptors (Lipinski definition) is 4.